The highest BCUT2D eigenvalue weighted by atomic mass is 16.5. The van der Waals surface area contributed by atoms with E-state index in [1.54, 1.807) is 6.07 Å². The van der Waals surface area contributed by atoms with Crippen LogP contribution < -0.4 is 0 Å². The largest absolute Gasteiger partial charge is 0.356 e. The van der Waals surface area contributed by atoms with Crippen LogP contribution in [0.15, 0.2) is 34.9 Å². The number of rotatable bonds is 2. The standard InChI is InChI=1S/C11H9NO2/c1-8-6-11(14-12-8)10-5-3-2-4-9(10)7-13/h2-7H,1H3. The predicted octanol–water partition coefficient (Wildman–Crippen LogP) is 2.46. The maximum Gasteiger partial charge on any atom is 0.167 e. The Kier molecular flexibility index (Phi) is 2.14. The molecule has 0 saturated carbocycles. The van der Waals surface area contributed by atoms with Crippen molar-refractivity contribution in [3.8, 4) is 11.3 Å². The van der Waals surface area contributed by atoms with Gasteiger partial charge in [0.15, 0.2) is 12.0 Å². The van der Waals surface area contributed by atoms with Gasteiger partial charge in [-0.3, -0.25) is 4.79 Å². The van der Waals surface area contributed by atoms with Crippen LogP contribution in [-0.2, 0) is 0 Å². The summed E-state index contributed by atoms with van der Waals surface area (Å²) in [5.41, 5.74) is 2.20. The van der Waals surface area contributed by atoms with Crippen molar-refractivity contribution in [1.82, 2.24) is 5.16 Å². The monoisotopic (exact) mass is 187 g/mol. The number of aldehydes is 1. The molecule has 1 aromatic carbocycles. The van der Waals surface area contributed by atoms with Gasteiger partial charge in [-0.2, -0.15) is 0 Å². The van der Waals surface area contributed by atoms with Crippen LogP contribution in [0.4, 0.5) is 0 Å². The predicted molar refractivity (Wildman–Crippen MR) is 52.1 cm³/mol. The second-order valence-corrected chi connectivity index (χ2v) is 3.04. The van der Waals surface area contributed by atoms with E-state index in [-0.39, 0.29) is 0 Å². The van der Waals surface area contributed by atoms with Crippen molar-refractivity contribution in [3.63, 3.8) is 0 Å². The maximum atomic E-state index is 10.7. The third kappa shape index (κ3) is 1.44. The summed E-state index contributed by atoms with van der Waals surface area (Å²) in [6.07, 6.45) is 0.813. The Labute approximate surface area is 81.3 Å². The van der Waals surface area contributed by atoms with Gasteiger partial charge in [-0.1, -0.05) is 29.4 Å². The van der Waals surface area contributed by atoms with Crippen molar-refractivity contribution >= 4 is 6.29 Å². The Morgan fingerprint density at radius 3 is 2.79 bits per heavy atom. The number of carbonyl (C=O) groups is 1. The molecule has 0 radical (unpaired) electrons. The quantitative estimate of drug-likeness (QED) is 0.678. The molecule has 0 unspecified atom stereocenters. The molecule has 0 saturated heterocycles. The normalized spacial score (nSPS) is 10.1. The summed E-state index contributed by atoms with van der Waals surface area (Å²) in [5.74, 6) is 0.630. The van der Waals surface area contributed by atoms with Gasteiger partial charge in [-0.05, 0) is 6.92 Å². The first-order valence-electron chi connectivity index (χ1n) is 4.29. The fraction of sp³-hybridized carbons (Fsp3) is 0.0909. The fourth-order valence-electron chi connectivity index (χ4n) is 1.31. The average Bonchev–Trinajstić information content (AvgIpc) is 2.65. The summed E-state index contributed by atoms with van der Waals surface area (Å²) in [4.78, 5) is 10.7. The van der Waals surface area contributed by atoms with Gasteiger partial charge >= 0.3 is 0 Å². The summed E-state index contributed by atoms with van der Waals surface area (Å²) in [5, 5.41) is 3.78. The third-order valence-electron chi connectivity index (χ3n) is 1.98. The summed E-state index contributed by atoms with van der Waals surface area (Å²) < 4.78 is 5.08. The molecule has 0 aliphatic rings. The second kappa shape index (κ2) is 3.46. The molecule has 2 aromatic rings. The molecule has 3 heteroatoms. The Bertz CT molecular complexity index is 460. The zero-order valence-electron chi connectivity index (χ0n) is 7.73. The molecule has 0 spiro atoms. The van der Waals surface area contributed by atoms with Gasteiger partial charge < -0.3 is 4.52 Å². The molecular weight excluding hydrogens is 178 g/mol. The van der Waals surface area contributed by atoms with Crippen LogP contribution in [0.25, 0.3) is 11.3 Å². The Morgan fingerprint density at radius 1 is 1.36 bits per heavy atom. The molecule has 0 atom stereocenters. The molecule has 3 nitrogen and oxygen atoms in total. The molecule has 0 bridgehead atoms. The average molecular weight is 187 g/mol. The van der Waals surface area contributed by atoms with E-state index in [9.17, 15) is 4.79 Å². The highest BCUT2D eigenvalue weighted by molar-refractivity contribution is 5.85. The van der Waals surface area contributed by atoms with Crippen LogP contribution in [0, 0.1) is 6.92 Å². The summed E-state index contributed by atoms with van der Waals surface area (Å²) >= 11 is 0. The lowest BCUT2D eigenvalue weighted by Gasteiger charge is -1.97. The minimum Gasteiger partial charge on any atom is -0.356 e. The highest BCUT2D eigenvalue weighted by Gasteiger charge is 2.07. The smallest absolute Gasteiger partial charge is 0.167 e. The second-order valence-electron chi connectivity index (χ2n) is 3.04. The van der Waals surface area contributed by atoms with Crippen LogP contribution >= 0.6 is 0 Å². The first-order valence-corrected chi connectivity index (χ1v) is 4.29. The van der Waals surface area contributed by atoms with Crippen LogP contribution in [0.3, 0.4) is 0 Å². The topological polar surface area (TPSA) is 43.1 Å². The Morgan fingerprint density at radius 2 is 2.14 bits per heavy atom. The van der Waals surface area contributed by atoms with Crippen molar-refractivity contribution in [1.29, 1.82) is 0 Å². The van der Waals surface area contributed by atoms with Gasteiger partial charge in [0.25, 0.3) is 0 Å². The van der Waals surface area contributed by atoms with Gasteiger partial charge in [0.05, 0.1) is 5.69 Å². The molecule has 70 valence electrons. The van der Waals surface area contributed by atoms with Gasteiger partial charge in [0.2, 0.25) is 0 Å². The van der Waals surface area contributed by atoms with E-state index in [4.69, 9.17) is 4.52 Å². The first kappa shape index (κ1) is 8.69. The summed E-state index contributed by atoms with van der Waals surface area (Å²) in [7, 11) is 0. The molecule has 0 aliphatic carbocycles. The highest BCUT2D eigenvalue weighted by Crippen LogP contribution is 2.22. The van der Waals surface area contributed by atoms with Gasteiger partial charge in [0.1, 0.15) is 0 Å². The lowest BCUT2D eigenvalue weighted by Crippen LogP contribution is -1.84. The zero-order chi connectivity index (χ0) is 9.97. The number of carbonyl (C=O) groups excluding carboxylic acids is 1. The minimum atomic E-state index is 0.614. The SMILES string of the molecule is Cc1cc(-c2ccccc2C=O)on1. The molecule has 0 N–H and O–H groups in total. The number of hydrogen-bond acceptors (Lipinski definition) is 3. The molecular formula is C11H9NO2. The molecule has 0 aliphatic heterocycles. The van der Waals surface area contributed by atoms with Crippen molar-refractivity contribution < 1.29 is 9.32 Å². The number of aromatic nitrogens is 1. The fourth-order valence-corrected chi connectivity index (χ4v) is 1.31. The van der Waals surface area contributed by atoms with E-state index in [1.165, 1.54) is 0 Å². The van der Waals surface area contributed by atoms with Crippen LogP contribution in [0.1, 0.15) is 16.1 Å². The lowest BCUT2D eigenvalue weighted by molar-refractivity contribution is 0.112. The molecule has 14 heavy (non-hydrogen) atoms. The van der Waals surface area contributed by atoms with E-state index in [1.807, 2.05) is 31.2 Å². The van der Waals surface area contributed by atoms with E-state index < -0.39 is 0 Å². The molecule has 1 aromatic heterocycles. The van der Waals surface area contributed by atoms with Gasteiger partial charge in [0, 0.05) is 17.2 Å². The van der Waals surface area contributed by atoms with Crippen LogP contribution in [0.5, 0.6) is 0 Å². The van der Waals surface area contributed by atoms with E-state index >= 15 is 0 Å². The van der Waals surface area contributed by atoms with Crippen molar-refractivity contribution in [3.05, 3.63) is 41.6 Å². The van der Waals surface area contributed by atoms with Crippen LogP contribution in [-0.4, -0.2) is 11.4 Å². The van der Waals surface area contributed by atoms with Gasteiger partial charge in [-0.25, -0.2) is 0 Å². The van der Waals surface area contributed by atoms with Crippen molar-refractivity contribution in [2.24, 2.45) is 0 Å². The van der Waals surface area contributed by atoms with Crippen molar-refractivity contribution in [2.45, 2.75) is 6.92 Å². The maximum absolute atomic E-state index is 10.7. The summed E-state index contributed by atoms with van der Waals surface area (Å²) in [6, 6.07) is 9.07. The van der Waals surface area contributed by atoms with E-state index in [0.29, 0.717) is 11.3 Å². The van der Waals surface area contributed by atoms with E-state index in [0.717, 1.165) is 17.5 Å². The number of aryl methyl sites for hydroxylation is 1. The number of benzene rings is 1. The van der Waals surface area contributed by atoms with Crippen LogP contribution in [0.2, 0.25) is 0 Å². The number of hydrogen-bond donors (Lipinski definition) is 0. The Hall–Kier alpha value is -1.90. The minimum absolute atomic E-state index is 0.614. The molecule has 0 fully saturated rings. The Balaban J connectivity index is 2.55. The third-order valence-corrected chi connectivity index (χ3v) is 1.98. The first-order chi connectivity index (χ1) is 6.81. The lowest BCUT2D eigenvalue weighted by atomic mass is 10.1. The zero-order valence-corrected chi connectivity index (χ0v) is 7.73. The van der Waals surface area contributed by atoms with Gasteiger partial charge in [-0.15, -0.1) is 0 Å². The molecule has 2 rings (SSSR count). The number of nitrogens with zero attached hydrogens (tertiary/aromatic N) is 1. The molecule has 0 amide bonds. The van der Waals surface area contributed by atoms with Crippen molar-refractivity contribution in [2.75, 3.05) is 0 Å². The van der Waals surface area contributed by atoms with E-state index in [2.05, 4.69) is 5.16 Å². The molecule has 1 heterocycles. The summed E-state index contributed by atoms with van der Waals surface area (Å²) in [6.45, 7) is 1.84.